The molecule has 1 N–H and O–H groups in total. The third kappa shape index (κ3) is 2.37. The van der Waals surface area contributed by atoms with Crippen LogP contribution in [0.4, 0.5) is 4.79 Å². The summed E-state index contributed by atoms with van der Waals surface area (Å²) in [4.78, 5) is 24.1. The van der Waals surface area contributed by atoms with E-state index < -0.39 is 0 Å². The van der Waals surface area contributed by atoms with Crippen LogP contribution >= 0.6 is 0 Å². The molecule has 0 aliphatic carbocycles. The van der Waals surface area contributed by atoms with Crippen LogP contribution in [0.25, 0.3) is 0 Å². The van der Waals surface area contributed by atoms with Crippen LogP contribution in [0.1, 0.15) is 12.8 Å². The summed E-state index contributed by atoms with van der Waals surface area (Å²) < 4.78 is 4.65. The Kier molecular flexibility index (Phi) is 3.73. The van der Waals surface area contributed by atoms with Gasteiger partial charge in [-0.15, -0.1) is 0 Å². The van der Waals surface area contributed by atoms with Crippen molar-refractivity contribution in [1.82, 2.24) is 10.2 Å². The van der Waals surface area contributed by atoms with Crippen molar-refractivity contribution in [3.8, 4) is 0 Å². The van der Waals surface area contributed by atoms with E-state index >= 15 is 0 Å². The average Bonchev–Trinajstić information content (AvgIpc) is 2.27. The molecule has 0 aromatic carbocycles. The summed E-state index contributed by atoms with van der Waals surface area (Å²) in [6, 6.07) is -0.0756. The predicted molar refractivity (Wildman–Crippen MR) is 50.8 cm³/mol. The molecular weight excluding hydrogens is 184 g/mol. The summed E-state index contributed by atoms with van der Waals surface area (Å²) in [7, 11) is 3.00. The van der Waals surface area contributed by atoms with Crippen molar-refractivity contribution in [3.05, 3.63) is 0 Å². The summed E-state index contributed by atoms with van der Waals surface area (Å²) >= 11 is 0. The highest BCUT2D eigenvalue weighted by Crippen LogP contribution is 2.18. The lowest BCUT2D eigenvalue weighted by molar-refractivity contribution is -0.146. The second-order valence-corrected chi connectivity index (χ2v) is 3.34. The van der Waals surface area contributed by atoms with Crippen molar-refractivity contribution in [1.29, 1.82) is 0 Å². The minimum atomic E-state index is -0.165. The number of likely N-dealkylation sites (tertiary alicyclic amines) is 1. The molecule has 1 fully saturated rings. The van der Waals surface area contributed by atoms with E-state index in [1.54, 1.807) is 11.9 Å². The summed E-state index contributed by atoms with van der Waals surface area (Å²) in [6.45, 7) is 1.25. The lowest BCUT2D eigenvalue weighted by atomic mass is 9.97. The number of ether oxygens (including phenoxy) is 1. The highest BCUT2D eigenvalue weighted by atomic mass is 16.5. The first kappa shape index (κ1) is 10.8. The van der Waals surface area contributed by atoms with Crippen LogP contribution in [0.15, 0.2) is 0 Å². The second kappa shape index (κ2) is 4.83. The van der Waals surface area contributed by atoms with Crippen LogP contribution in [0.3, 0.4) is 0 Å². The van der Waals surface area contributed by atoms with Gasteiger partial charge in [-0.1, -0.05) is 0 Å². The quantitative estimate of drug-likeness (QED) is 0.615. The lowest BCUT2D eigenvalue weighted by Gasteiger charge is -2.30. The van der Waals surface area contributed by atoms with E-state index in [1.165, 1.54) is 7.11 Å². The molecule has 14 heavy (non-hydrogen) atoms. The minimum absolute atomic E-state index is 0.0408. The molecule has 0 spiro atoms. The Balaban J connectivity index is 2.38. The number of piperidine rings is 1. The SMILES string of the molecule is CNC(=O)N1CCC(C(=O)OC)CC1. The Morgan fingerprint density at radius 2 is 1.93 bits per heavy atom. The van der Waals surface area contributed by atoms with Crippen LogP contribution in [0.2, 0.25) is 0 Å². The standard InChI is InChI=1S/C9H16N2O3/c1-10-9(13)11-5-3-7(4-6-11)8(12)14-2/h7H,3-6H2,1-2H3,(H,10,13). The van der Waals surface area contributed by atoms with Gasteiger partial charge in [-0.25, -0.2) is 4.79 Å². The van der Waals surface area contributed by atoms with Crippen molar-refractivity contribution < 1.29 is 14.3 Å². The topological polar surface area (TPSA) is 58.6 Å². The first-order chi connectivity index (χ1) is 6.69. The largest absolute Gasteiger partial charge is 0.469 e. The van der Waals surface area contributed by atoms with E-state index in [0.29, 0.717) is 25.9 Å². The molecule has 0 unspecified atom stereocenters. The fraction of sp³-hybridized carbons (Fsp3) is 0.778. The molecule has 5 heteroatoms. The number of urea groups is 1. The zero-order chi connectivity index (χ0) is 10.6. The third-order valence-corrected chi connectivity index (χ3v) is 2.53. The fourth-order valence-electron chi connectivity index (χ4n) is 1.64. The van der Waals surface area contributed by atoms with Crippen LogP contribution in [0, 0.1) is 5.92 Å². The molecule has 1 saturated heterocycles. The van der Waals surface area contributed by atoms with E-state index in [2.05, 4.69) is 10.1 Å². The Morgan fingerprint density at radius 1 is 1.36 bits per heavy atom. The molecule has 0 atom stereocenters. The highest BCUT2D eigenvalue weighted by Gasteiger charge is 2.27. The summed E-state index contributed by atoms with van der Waals surface area (Å²) in [6.07, 6.45) is 1.39. The van der Waals surface area contributed by atoms with E-state index in [0.717, 1.165) is 0 Å². The Hall–Kier alpha value is -1.26. The van der Waals surface area contributed by atoms with Gasteiger partial charge in [-0.3, -0.25) is 4.79 Å². The van der Waals surface area contributed by atoms with Crippen molar-refractivity contribution in [2.45, 2.75) is 12.8 Å². The van der Waals surface area contributed by atoms with E-state index in [4.69, 9.17) is 0 Å². The number of nitrogens with zero attached hydrogens (tertiary/aromatic N) is 1. The molecule has 0 bridgehead atoms. The average molecular weight is 200 g/mol. The van der Waals surface area contributed by atoms with Gasteiger partial charge in [0.1, 0.15) is 0 Å². The summed E-state index contributed by atoms with van der Waals surface area (Å²) in [5.74, 6) is -0.206. The number of hydrogen-bond donors (Lipinski definition) is 1. The fourth-order valence-corrected chi connectivity index (χ4v) is 1.64. The number of carbonyl (C=O) groups is 2. The molecule has 0 radical (unpaired) electrons. The normalized spacial score (nSPS) is 17.7. The van der Waals surface area contributed by atoms with Gasteiger partial charge in [0.05, 0.1) is 13.0 Å². The summed E-state index contributed by atoms with van der Waals surface area (Å²) in [5, 5.41) is 2.56. The van der Waals surface area contributed by atoms with Crippen LogP contribution in [-0.4, -0.2) is 44.1 Å². The highest BCUT2D eigenvalue weighted by molar-refractivity contribution is 5.75. The van der Waals surface area contributed by atoms with E-state index in [-0.39, 0.29) is 17.9 Å². The molecular formula is C9H16N2O3. The van der Waals surface area contributed by atoms with Gasteiger partial charge in [-0.05, 0) is 12.8 Å². The van der Waals surface area contributed by atoms with Crippen molar-refractivity contribution in [2.24, 2.45) is 5.92 Å². The molecule has 1 aliphatic heterocycles. The number of rotatable bonds is 1. The number of carbonyl (C=O) groups excluding carboxylic acids is 2. The van der Waals surface area contributed by atoms with Crippen LogP contribution in [0.5, 0.6) is 0 Å². The Bertz CT molecular complexity index is 198. The maximum Gasteiger partial charge on any atom is 0.317 e. The molecule has 80 valence electrons. The van der Waals surface area contributed by atoms with Gasteiger partial charge < -0.3 is 15.0 Å². The van der Waals surface area contributed by atoms with Gasteiger partial charge in [-0.2, -0.15) is 0 Å². The number of hydrogen-bond acceptors (Lipinski definition) is 3. The Morgan fingerprint density at radius 3 is 2.36 bits per heavy atom. The second-order valence-electron chi connectivity index (χ2n) is 3.34. The smallest absolute Gasteiger partial charge is 0.317 e. The minimum Gasteiger partial charge on any atom is -0.469 e. The molecule has 0 saturated carbocycles. The molecule has 0 aromatic rings. The van der Waals surface area contributed by atoms with Gasteiger partial charge in [0, 0.05) is 20.1 Å². The van der Waals surface area contributed by atoms with Crippen LogP contribution in [-0.2, 0) is 9.53 Å². The molecule has 5 nitrogen and oxygen atoms in total. The first-order valence-electron chi connectivity index (χ1n) is 4.73. The first-order valence-corrected chi connectivity index (χ1v) is 4.73. The predicted octanol–water partition coefficient (Wildman–Crippen LogP) is 0.211. The lowest BCUT2D eigenvalue weighted by Crippen LogP contribution is -2.44. The maximum atomic E-state index is 11.2. The maximum absolute atomic E-state index is 11.2. The number of esters is 1. The van der Waals surface area contributed by atoms with Crippen molar-refractivity contribution in [2.75, 3.05) is 27.2 Å². The monoisotopic (exact) mass is 200 g/mol. The van der Waals surface area contributed by atoms with Crippen LogP contribution < -0.4 is 5.32 Å². The zero-order valence-corrected chi connectivity index (χ0v) is 8.58. The van der Waals surface area contributed by atoms with Crippen molar-refractivity contribution >= 4 is 12.0 Å². The third-order valence-electron chi connectivity index (χ3n) is 2.53. The molecule has 2 amide bonds. The molecule has 1 heterocycles. The molecule has 1 aliphatic rings. The van der Waals surface area contributed by atoms with Gasteiger partial charge in [0.15, 0.2) is 0 Å². The van der Waals surface area contributed by atoms with Gasteiger partial charge in [0.25, 0.3) is 0 Å². The number of nitrogens with one attached hydrogen (secondary N) is 1. The van der Waals surface area contributed by atoms with E-state index in [1.807, 2.05) is 0 Å². The van der Waals surface area contributed by atoms with Crippen molar-refractivity contribution in [3.63, 3.8) is 0 Å². The summed E-state index contributed by atoms with van der Waals surface area (Å²) in [5.41, 5.74) is 0. The molecule has 0 aromatic heterocycles. The Labute approximate surface area is 83.4 Å². The van der Waals surface area contributed by atoms with Gasteiger partial charge >= 0.3 is 12.0 Å². The zero-order valence-electron chi connectivity index (χ0n) is 8.58. The van der Waals surface area contributed by atoms with E-state index in [9.17, 15) is 9.59 Å². The van der Waals surface area contributed by atoms with Gasteiger partial charge in [0.2, 0.25) is 0 Å². The molecule has 1 rings (SSSR count). The number of amides is 2. The number of methoxy groups -OCH3 is 1.